The highest BCUT2D eigenvalue weighted by atomic mass is 32.1. The van der Waals surface area contributed by atoms with E-state index in [1.165, 1.54) is 15.3 Å². The SMILES string of the molecule is CCC(NCc1cc(C)c(C)s1)c1ccco1. The fourth-order valence-electron chi connectivity index (χ4n) is 1.90. The van der Waals surface area contributed by atoms with Crippen molar-refractivity contribution < 1.29 is 4.42 Å². The fourth-order valence-corrected chi connectivity index (χ4v) is 2.90. The molecule has 92 valence electrons. The van der Waals surface area contributed by atoms with Gasteiger partial charge in [-0.1, -0.05) is 6.92 Å². The van der Waals surface area contributed by atoms with Crippen LogP contribution in [0.1, 0.15) is 40.5 Å². The van der Waals surface area contributed by atoms with Gasteiger partial charge in [-0.25, -0.2) is 0 Å². The number of hydrogen-bond donors (Lipinski definition) is 1. The Labute approximate surface area is 107 Å². The zero-order valence-corrected chi connectivity index (χ0v) is 11.4. The lowest BCUT2D eigenvalue weighted by atomic mass is 10.1. The number of rotatable bonds is 5. The Morgan fingerprint density at radius 2 is 2.24 bits per heavy atom. The van der Waals surface area contributed by atoms with E-state index in [-0.39, 0.29) is 0 Å². The molecule has 1 unspecified atom stereocenters. The standard InChI is InChI=1S/C14H19NOS/c1-4-13(14-6-5-7-16-14)15-9-12-8-10(2)11(3)17-12/h5-8,13,15H,4,9H2,1-3H3. The van der Waals surface area contributed by atoms with Crippen LogP contribution >= 0.6 is 11.3 Å². The zero-order valence-electron chi connectivity index (χ0n) is 10.6. The first-order valence-corrected chi connectivity index (χ1v) is 6.85. The van der Waals surface area contributed by atoms with Crippen LogP contribution < -0.4 is 5.32 Å². The molecular formula is C14H19NOS. The highest BCUT2D eigenvalue weighted by molar-refractivity contribution is 7.12. The molecule has 3 heteroatoms. The summed E-state index contributed by atoms with van der Waals surface area (Å²) >= 11 is 1.87. The summed E-state index contributed by atoms with van der Waals surface area (Å²) in [6, 6.07) is 6.56. The van der Waals surface area contributed by atoms with Gasteiger partial charge in [0.2, 0.25) is 0 Å². The minimum atomic E-state index is 0.313. The highest BCUT2D eigenvalue weighted by Crippen LogP contribution is 2.22. The lowest BCUT2D eigenvalue weighted by Gasteiger charge is -2.13. The summed E-state index contributed by atoms with van der Waals surface area (Å²) in [5, 5.41) is 3.55. The predicted octanol–water partition coefficient (Wildman–Crippen LogP) is 4.20. The van der Waals surface area contributed by atoms with Gasteiger partial charge in [-0.05, 0) is 44.0 Å². The predicted molar refractivity (Wildman–Crippen MR) is 72.4 cm³/mol. The monoisotopic (exact) mass is 249 g/mol. The molecule has 2 aromatic heterocycles. The summed E-state index contributed by atoms with van der Waals surface area (Å²) in [6.45, 7) is 7.43. The second kappa shape index (κ2) is 5.52. The number of hydrogen-bond acceptors (Lipinski definition) is 3. The third-order valence-electron chi connectivity index (χ3n) is 3.03. The van der Waals surface area contributed by atoms with Crippen LogP contribution in [-0.2, 0) is 6.54 Å². The first-order valence-electron chi connectivity index (χ1n) is 6.03. The molecule has 0 saturated heterocycles. The van der Waals surface area contributed by atoms with E-state index in [9.17, 15) is 0 Å². The van der Waals surface area contributed by atoms with E-state index in [0.29, 0.717) is 6.04 Å². The largest absolute Gasteiger partial charge is 0.468 e. The molecule has 0 aliphatic heterocycles. The van der Waals surface area contributed by atoms with Gasteiger partial charge in [-0.15, -0.1) is 11.3 Å². The van der Waals surface area contributed by atoms with Crippen molar-refractivity contribution in [2.24, 2.45) is 0 Å². The average molecular weight is 249 g/mol. The van der Waals surface area contributed by atoms with Crippen LogP contribution in [0.25, 0.3) is 0 Å². The molecule has 0 bridgehead atoms. The highest BCUT2D eigenvalue weighted by Gasteiger charge is 2.11. The fraction of sp³-hybridized carbons (Fsp3) is 0.429. The molecule has 1 N–H and O–H groups in total. The molecule has 0 aliphatic rings. The van der Waals surface area contributed by atoms with Crippen molar-refractivity contribution in [1.82, 2.24) is 5.32 Å². The van der Waals surface area contributed by atoms with Gasteiger partial charge in [0, 0.05) is 16.3 Å². The van der Waals surface area contributed by atoms with Gasteiger partial charge in [0.1, 0.15) is 5.76 Å². The summed E-state index contributed by atoms with van der Waals surface area (Å²) in [7, 11) is 0. The van der Waals surface area contributed by atoms with E-state index < -0.39 is 0 Å². The summed E-state index contributed by atoms with van der Waals surface area (Å²) in [5.41, 5.74) is 1.39. The van der Waals surface area contributed by atoms with Crippen molar-refractivity contribution in [3.63, 3.8) is 0 Å². The third-order valence-corrected chi connectivity index (χ3v) is 4.19. The lowest BCUT2D eigenvalue weighted by Crippen LogP contribution is -2.19. The van der Waals surface area contributed by atoms with Crippen LogP contribution in [0.4, 0.5) is 0 Å². The maximum Gasteiger partial charge on any atom is 0.120 e. The number of furan rings is 1. The molecule has 0 saturated carbocycles. The van der Waals surface area contributed by atoms with Gasteiger partial charge < -0.3 is 9.73 Å². The van der Waals surface area contributed by atoms with Crippen LogP contribution in [-0.4, -0.2) is 0 Å². The van der Waals surface area contributed by atoms with E-state index in [1.54, 1.807) is 6.26 Å². The van der Waals surface area contributed by atoms with Crippen molar-refractivity contribution in [3.8, 4) is 0 Å². The summed E-state index contributed by atoms with van der Waals surface area (Å²) in [5.74, 6) is 1.03. The van der Waals surface area contributed by atoms with Crippen LogP contribution in [0.15, 0.2) is 28.9 Å². The molecule has 17 heavy (non-hydrogen) atoms. The Kier molecular flexibility index (Phi) is 4.02. The smallest absolute Gasteiger partial charge is 0.120 e. The second-order valence-corrected chi connectivity index (χ2v) is 5.65. The van der Waals surface area contributed by atoms with Crippen molar-refractivity contribution in [3.05, 3.63) is 45.5 Å². The summed E-state index contributed by atoms with van der Waals surface area (Å²) in [4.78, 5) is 2.80. The molecule has 0 aromatic carbocycles. The molecule has 2 aromatic rings. The van der Waals surface area contributed by atoms with Crippen molar-refractivity contribution in [2.75, 3.05) is 0 Å². The quantitative estimate of drug-likeness (QED) is 0.859. The molecule has 0 amide bonds. The van der Waals surface area contributed by atoms with Crippen molar-refractivity contribution in [1.29, 1.82) is 0 Å². The number of thiophene rings is 1. The van der Waals surface area contributed by atoms with Crippen LogP contribution in [0, 0.1) is 13.8 Å². The van der Waals surface area contributed by atoms with Gasteiger partial charge in [0.05, 0.1) is 12.3 Å². The van der Waals surface area contributed by atoms with Gasteiger partial charge in [0.15, 0.2) is 0 Å². The Balaban J connectivity index is 1.97. The Bertz CT molecular complexity index is 439. The summed E-state index contributed by atoms with van der Waals surface area (Å²) < 4.78 is 5.44. The summed E-state index contributed by atoms with van der Waals surface area (Å²) in [6.07, 6.45) is 2.77. The molecular weight excluding hydrogens is 230 g/mol. The van der Waals surface area contributed by atoms with E-state index in [4.69, 9.17) is 4.42 Å². The Morgan fingerprint density at radius 1 is 1.41 bits per heavy atom. The first kappa shape index (κ1) is 12.4. The normalized spacial score (nSPS) is 12.9. The first-order chi connectivity index (χ1) is 8.20. The Hall–Kier alpha value is -1.06. The maximum absolute atomic E-state index is 5.44. The lowest BCUT2D eigenvalue weighted by molar-refractivity contribution is 0.404. The van der Waals surface area contributed by atoms with Gasteiger partial charge in [-0.3, -0.25) is 0 Å². The molecule has 0 aliphatic carbocycles. The Morgan fingerprint density at radius 3 is 2.76 bits per heavy atom. The average Bonchev–Trinajstić information content (AvgIpc) is 2.92. The minimum absolute atomic E-state index is 0.313. The van der Waals surface area contributed by atoms with Crippen LogP contribution in [0.3, 0.4) is 0 Å². The van der Waals surface area contributed by atoms with E-state index >= 15 is 0 Å². The van der Waals surface area contributed by atoms with Crippen molar-refractivity contribution >= 4 is 11.3 Å². The van der Waals surface area contributed by atoms with Gasteiger partial charge in [0.25, 0.3) is 0 Å². The minimum Gasteiger partial charge on any atom is -0.468 e. The number of nitrogens with one attached hydrogen (secondary N) is 1. The second-order valence-electron chi connectivity index (χ2n) is 4.31. The maximum atomic E-state index is 5.44. The van der Waals surface area contributed by atoms with E-state index in [0.717, 1.165) is 18.7 Å². The van der Waals surface area contributed by atoms with E-state index in [2.05, 4.69) is 32.2 Å². The molecule has 1 atom stereocenters. The molecule has 0 fully saturated rings. The van der Waals surface area contributed by atoms with Gasteiger partial charge >= 0.3 is 0 Å². The topological polar surface area (TPSA) is 25.2 Å². The third kappa shape index (κ3) is 2.99. The zero-order chi connectivity index (χ0) is 12.3. The molecule has 2 rings (SSSR count). The van der Waals surface area contributed by atoms with Crippen LogP contribution in [0.5, 0.6) is 0 Å². The number of aryl methyl sites for hydroxylation is 2. The molecule has 2 heterocycles. The van der Waals surface area contributed by atoms with Gasteiger partial charge in [-0.2, -0.15) is 0 Å². The molecule has 0 spiro atoms. The van der Waals surface area contributed by atoms with Crippen molar-refractivity contribution in [2.45, 2.75) is 39.8 Å². The van der Waals surface area contributed by atoms with Crippen LogP contribution in [0.2, 0.25) is 0 Å². The molecule has 2 nitrogen and oxygen atoms in total. The van der Waals surface area contributed by atoms with E-state index in [1.807, 2.05) is 23.5 Å². The molecule has 0 radical (unpaired) electrons.